The molecule has 0 aliphatic rings. The normalized spacial score (nSPS) is 12.2. The molecule has 0 aliphatic carbocycles. The maximum atomic E-state index is 9.21. The van der Waals surface area contributed by atoms with Crippen LogP contribution in [-0.2, 0) is 13.0 Å². The van der Waals surface area contributed by atoms with Crippen molar-refractivity contribution in [3.8, 4) is 5.75 Å². The molecule has 21 heavy (non-hydrogen) atoms. The van der Waals surface area contributed by atoms with Gasteiger partial charge in [0.05, 0.1) is 18.6 Å². The fraction of sp³-hybridized carbons (Fsp3) is 0.400. The van der Waals surface area contributed by atoms with Crippen molar-refractivity contribution in [3.63, 3.8) is 0 Å². The molecule has 0 fully saturated rings. The number of aliphatic hydroxyl groups excluding tert-OH is 1. The number of nitrogens with zero attached hydrogens (tertiary/aromatic N) is 2. The first-order valence-electron chi connectivity index (χ1n) is 6.67. The Morgan fingerprint density at radius 2 is 2.14 bits per heavy atom. The minimum absolute atomic E-state index is 0.0781. The molecule has 114 valence electrons. The van der Waals surface area contributed by atoms with Gasteiger partial charge >= 0.3 is 0 Å². The molecular weight excluding hydrogens is 308 g/mol. The highest BCUT2D eigenvalue weighted by Gasteiger charge is 2.18. The molecule has 1 atom stereocenters. The molecule has 0 bridgehead atoms. The number of para-hydroxylation sites is 1. The minimum Gasteiger partial charge on any atom is -0.496 e. The summed E-state index contributed by atoms with van der Waals surface area (Å²) in [5.74, 6) is 0.894. The predicted molar refractivity (Wildman–Crippen MR) is 87.6 cm³/mol. The summed E-state index contributed by atoms with van der Waals surface area (Å²) in [6.07, 6.45) is 0.839. The lowest BCUT2D eigenvalue weighted by atomic mass is 10.1. The van der Waals surface area contributed by atoms with Crippen molar-refractivity contribution in [1.29, 1.82) is 0 Å². The molecule has 0 saturated heterocycles. The van der Waals surface area contributed by atoms with Crippen molar-refractivity contribution >= 4 is 28.1 Å². The van der Waals surface area contributed by atoms with Crippen molar-refractivity contribution < 1.29 is 9.84 Å². The van der Waals surface area contributed by atoms with Gasteiger partial charge in [-0.25, -0.2) is 4.98 Å². The summed E-state index contributed by atoms with van der Waals surface area (Å²) in [6.45, 7) is 2.05. The Hall–Kier alpha value is -1.30. The van der Waals surface area contributed by atoms with Gasteiger partial charge in [0.2, 0.25) is 0 Å². The third-order valence-corrected chi connectivity index (χ3v) is 5.01. The number of aliphatic hydroxyl groups is 1. The van der Waals surface area contributed by atoms with Gasteiger partial charge in [-0.15, -0.1) is 0 Å². The van der Waals surface area contributed by atoms with E-state index in [2.05, 4.69) is 22.9 Å². The zero-order valence-corrected chi connectivity index (χ0v) is 13.9. The van der Waals surface area contributed by atoms with Crippen LogP contribution >= 0.6 is 22.9 Å². The molecular formula is C15H19ClN2O2S. The molecule has 1 aromatic heterocycles. The topological polar surface area (TPSA) is 45.6 Å². The van der Waals surface area contributed by atoms with Gasteiger partial charge in [-0.1, -0.05) is 41.1 Å². The molecule has 4 nitrogen and oxygen atoms in total. The number of benzene rings is 1. The van der Waals surface area contributed by atoms with E-state index in [0.717, 1.165) is 22.9 Å². The van der Waals surface area contributed by atoms with Crippen LogP contribution in [0.3, 0.4) is 0 Å². The number of halogens is 1. The van der Waals surface area contributed by atoms with Crippen LogP contribution < -0.4 is 9.64 Å². The Labute approximate surface area is 134 Å². The second kappa shape index (κ2) is 7.11. The quantitative estimate of drug-likeness (QED) is 0.884. The van der Waals surface area contributed by atoms with Crippen molar-refractivity contribution in [2.24, 2.45) is 0 Å². The summed E-state index contributed by atoms with van der Waals surface area (Å²) in [4.78, 5) is 7.07. The monoisotopic (exact) mass is 326 g/mol. The molecule has 0 radical (unpaired) electrons. The molecule has 6 heteroatoms. The molecule has 0 amide bonds. The molecule has 1 N–H and O–H groups in total. The number of anilines is 1. The number of thiazole rings is 1. The van der Waals surface area contributed by atoms with E-state index in [-0.39, 0.29) is 12.6 Å². The van der Waals surface area contributed by atoms with E-state index in [1.807, 2.05) is 25.2 Å². The van der Waals surface area contributed by atoms with Crippen molar-refractivity contribution in [2.45, 2.75) is 26.0 Å². The van der Waals surface area contributed by atoms with Crippen LogP contribution in [-0.4, -0.2) is 30.3 Å². The summed E-state index contributed by atoms with van der Waals surface area (Å²) in [6, 6.07) is 8.23. The second-order valence-corrected chi connectivity index (χ2v) is 6.26. The first kappa shape index (κ1) is 16.1. The SMILES string of the molecule is COc1ccccc1CC(C)N(C)c1nc(Cl)c(CO)s1. The van der Waals surface area contributed by atoms with Crippen LogP contribution in [0, 0.1) is 0 Å². The van der Waals surface area contributed by atoms with Crippen molar-refractivity contribution in [3.05, 3.63) is 39.9 Å². The third-order valence-electron chi connectivity index (χ3n) is 3.45. The van der Waals surface area contributed by atoms with Gasteiger partial charge < -0.3 is 14.7 Å². The highest BCUT2D eigenvalue weighted by molar-refractivity contribution is 7.16. The van der Waals surface area contributed by atoms with Gasteiger partial charge in [-0.3, -0.25) is 0 Å². The van der Waals surface area contributed by atoms with Gasteiger partial charge in [0.25, 0.3) is 0 Å². The van der Waals surface area contributed by atoms with Gasteiger partial charge in [0.15, 0.2) is 5.13 Å². The lowest BCUT2D eigenvalue weighted by molar-refractivity contribution is 0.285. The number of likely N-dealkylation sites (N-methyl/N-ethyl adjacent to an activating group) is 1. The highest BCUT2D eigenvalue weighted by Crippen LogP contribution is 2.31. The van der Waals surface area contributed by atoms with E-state index in [0.29, 0.717) is 10.0 Å². The molecule has 0 spiro atoms. The Kier molecular flexibility index (Phi) is 5.45. The first-order chi connectivity index (χ1) is 10.1. The van der Waals surface area contributed by atoms with Gasteiger partial charge in [0.1, 0.15) is 10.9 Å². The average molecular weight is 327 g/mol. The van der Waals surface area contributed by atoms with Crippen LogP contribution in [0.25, 0.3) is 0 Å². The number of hydrogen-bond acceptors (Lipinski definition) is 5. The molecule has 0 saturated carbocycles. The van der Waals surface area contributed by atoms with Crippen LogP contribution in [0.15, 0.2) is 24.3 Å². The molecule has 2 rings (SSSR count). The molecule has 0 aliphatic heterocycles. The summed E-state index contributed by atoms with van der Waals surface area (Å²) < 4.78 is 5.39. The first-order valence-corrected chi connectivity index (χ1v) is 7.87. The lowest BCUT2D eigenvalue weighted by Crippen LogP contribution is -2.30. The lowest BCUT2D eigenvalue weighted by Gasteiger charge is -2.25. The van der Waals surface area contributed by atoms with Crippen LogP contribution in [0.5, 0.6) is 5.75 Å². The maximum Gasteiger partial charge on any atom is 0.187 e. The van der Waals surface area contributed by atoms with E-state index in [4.69, 9.17) is 16.3 Å². The summed E-state index contributed by atoms with van der Waals surface area (Å²) in [5, 5.41) is 10.4. The second-order valence-electron chi connectivity index (χ2n) is 4.84. The number of methoxy groups -OCH3 is 1. The highest BCUT2D eigenvalue weighted by atomic mass is 35.5. The van der Waals surface area contributed by atoms with Crippen molar-refractivity contribution in [2.75, 3.05) is 19.1 Å². The predicted octanol–water partition coefficient (Wildman–Crippen LogP) is 3.36. The minimum atomic E-state index is -0.0781. The zero-order chi connectivity index (χ0) is 15.4. The average Bonchev–Trinajstić information content (AvgIpc) is 2.88. The third kappa shape index (κ3) is 3.67. The fourth-order valence-corrected chi connectivity index (χ4v) is 3.27. The van der Waals surface area contributed by atoms with Crippen LogP contribution in [0.4, 0.5) is 5.13 Å². The Bertz CT molecular complexity index is 603. The summed E-state index contributed by atoms with van der Waals surface area (Å²) in [7, 11) is 3.66. The smallest absolute Gasteiger partial charge is 0.187 e. The number of aromatic nitrogens is 1. The van der Waals surface area contributed by atoms with E-state index < -0.39 is 0 Å². The van der Waals surface area contributed by atoms with E-state index in [1.54, 1.807) is 7.11 Å². The fourth-order valence-electron chi connectivity index (χ4n) is 2.09. The Balaban J connectivity index is 2.13. The van der Waals surface area contributed by atoms with Crippen LogP contribution in [0.1, 0.15) is 17.4 Å². The van der Waals surface area contributed by atoms with E-state index >= 15 is 0 Å². The summed E-state index contributed by atoms with van der Waals surface area (Å²) >= 11 is 7.41. The maximum absolute atomic E-state index is 9.21. The summed E-state index contributed by atoms with van der Waals surface area (Å²) in [5.41, 5.74) is 1.16. The molecule has 1 heterocycles. The molecule has 2 aromatic rings. The standard InChI is InChI=1S/C15H19ClN2O2S/c1-10(8-11-6-4-5-7-12(11)20-3)18(2)15-17-14(16)13(9-19)21-15/h4-7,10,19H,8-9H2,1-3H3. The molecule has 1 unspecified atom stereocenters. The van der Waals surface area contributed by atoms with Gasteiger partial charge in [0, 0.05) is 13.1 Å². The van der Waals surface area contributed by atoms with Gasteiger partial charge in [-0.05, 0) is 25.0 Å². The number of ether oxygens (including phenoxy) is 1. The molecule has 1 aromatic carbocycles. The van der Waals surface area contributed by atoms with E-state index in [1.165, 1.54) is 11.3 Å². The van der Waals surface area contributed by atoms with Crippen LogP contribution in [0.2, 0.25) is 5.15 Å². The number of rotatable bonds is 6. The van der Waals surface area contributed by atoms with Gasteiger partial charge in [-0.2, -0.15) is 0 Å². The Morgan fingerprint density at radius 3 is 2.76 bits per heavy atom. The number of hydrogen-bond donors (Lipinski definition) is 1. The largest absolute Gasteiger partial charge is 0.496 e. The Morgan fingerprint density at radius 1 is 1.43 bits per heavy atom. The van der Waals surface area contributed by atoms with E-state index in [9.17, 15) is 5.11 Å². The zero-order valence-electron chi connectivity index (χ0n) is 12.3. The van der Waals surface area contributed by atoms with Crippen molar-refractivity contribution in [1.82, 2.24) is 4.98 Å².